The lowest BCUT2D eigenvalue weighted by atomic mass is 10.1. The number of amides is 1. The molecule has 0 fully saturated rings. The molecular weight excluding hydrogens is 414 g/mol. The number of anilines is 1. The molecule has 8 heteroatoms. The van der Waals surface area contributed by atoms with Gasteiger partial charge in [-0.05, 0) is 55.5 Å². The molecule has 3 rings (SSSR count). The normalized spacial score (nSPS) is 11.5. The highest BCUT2D eigenvalue weighted by molar-refractivity contribution is 7.89. The Kier molecular flexibility index (Phi) is 7.14. The lowest BCUT2D eigenvalue weighted by Crippen LogP contribution is -2.30. The molecule has 0 atom stereocenters. The van der Waals surface area contributed by atoms with Crippen molar-refractivity contribution in [3.8, 4) is 11.4 Å². The van der Waals surface area contributed by atoms with Crippen LogP contribution in [0.5, 0.6) is 5.75 Å². The van der Waals surface area contributed by atoms with E-state index >= 15 is 0 Å². The van der Waals surface area contributed by atoms with Gasteiger partial charge in [-0.2, -0.15) is 4.31 Å². The Morgan fingerprint density at radius 3 is 2.35 bits per heavy atom. The van der Waals surface area contributed by atoms with E-state index in [1.54, 1.807) is 38.1 Å². The van der Waals surface area contributed by atoms with Gasteiger partial charge in [0.2, 0.25) is 10.0 Å². The maximum atomic E-state index is 13.0. The van der Waals surface area contributed by atoms with Crippen LogP contribution in [0.1, 0.15) is 31.1 Å². The molecule has 7 nitrogen and oxygen atoms in total. The number of nitrogens with zero attached hydrogens (tertiary/aromatic N) is 2. The van der Waals surface area contributed by atoms with Gasteiger partial charge in [-0.25, -0.2) is 8.42 Å². The number of hydrogen-bond acceptors (Lipinski definition) is 4. The van der Waals surface area contributed by atoms with Crippen LogP contribution in [0.15, 0.2) is 71.9 Å². The lowest BCUT2D eigenvalue weighted by molar-refractivity contribution is 0.102. The van der Waals surface area contributed by atoms with Crippen LogP contribution in [-0.4, -0.2) is 42.9 Å². The zero-order valence-electron chi connectivity index (χ0n) is 17.9. The number of benzene rings is 2. The Hall–Kier alpha value is -3.10. The van der Waals surface area contributed by atoms with E-state index in [1.165, 1.54) is 16.4 Å². The van der Waals surface area contributed by atoms with Crippen LogP contribution in [0.4, 0.5) is 5.69 Å². The minimum Gasteiger partial charge on any atom is -0.492 e. The Balaban J connectivity index is 1.94. The highest BCUT2D eigenvalue weighted by atomic mass is 32.2. The molecule has 3 aromatic rings. The van der Waals surface area contributed by atoms with Gasteiger partial charge < -0.3 is 14.6 Å². The van der Waals surface area contributed by atoms with Gasteiger partial charge in [-0.15, -0.1) is 0 Å². The molecule has 0 radical (unpaired) electrons. The van der Waals surface area contributed by atoms with E-state index in [4.69, 9.17) is 4.74 Å². The van der Waals surface area contributed by atoms with Crippen LogP contribution >= 0.6 is 0 Å². The quantitative estimate of drug-likeness (QED) is 0.541. The molecule has 1 aromatic heterocycles. The average molecular weight is 442 g/mol. The van der Waals surface area contributed by atoms with Crippen LogP contribution in [0.3, 0.4) is 0 Å². The molecule has 0 saturated carbocycles. The molecule has 31 heavy (non-hydrogen) atoms. The molecule has 1 N–H and O–H groups in total. The van der Waals surface area contributed by atoms with Crippen LogP contribution in [-0.2, 0) is 10.0 Å². The summed E-state index contributed by atoms with van der Waals surface area (Å²) in [6.07, 6.45) is 3.79. The van der Waals surface area contributed by atoms with Gasteiger partial charge in [-0.3, -0.25) is 4.79 Å². The zero-order valence-corrected chi connectivity index (χ0v) is 18.7. The second kappa shape index (κ2) is 9.80. The fourth-order valence-corrected chi connectivity index (χ4v) is 4.75. The van der Waals surface area contributed by atoms with Crippen LogP contribution in [0.25, 0.3) is 5.69 Å². The Labute approximate surface area is 183 Å². The molecule has 2 aromatic carbocycles. The zero-order chi connectivity index (χ0) is 22.4. The van der Waals surface area contributed by atoms with E-state index in [9.17, 15) is 13.2 Å². The third-order valence-electron chi connectivity index (χ3n) is 4.85. The van der Waals surface area contributed by atoms with Gasteiger partial charge in [0.05, 0.1) is 17.2 Å². The summed E-state index contributed by atoms with van der Waals surface area (Å²) < 4.78 is 34.7. The summed E-state index contributed by atoms with van der Waals surface area (Å²) in [5.74, 6) is 0.0586. The monoisotopic (exact) mass is 441 g/mol. The Bertz CT molecular complexity index is 1140. The summed E-state index contributed by atoms with van der Waals surface area (Å²) in [4.78, 5) is 13.1. The van der Waals surface area contributed by atoms with Gasteiger partial charge in [0.25, 0.3) is 5.91 Å². The van der Waals surface area contributed by atoms with Crippen molar-refractivity contribution in [2.45, 2.75) is 25.7 Å². The summed E-state index contributed by atoms with van der Waals surface area (Å²) in [6, 6.07) is 15.5. The first-order chi connectivity index (χ1) is 14.9. The number of ether oxygens (including phenoxy) is 1. The van der Waals surface area contributed by atoms with Crippen LogP contribution in [0, 0.1) is 0 Å². The van der Waals surface area contributed by atoms with Crippen molar-refractivity contribution >= 4 is 21.6 Å². The number of nitrogens with one attached hydrogen (secondary N) is 1. The molecule has 0 spiro atoms. The molecule has 0 aliphatic carbocycles. The number of carbonyl (C=O) groups is 1. The van der Waals surface area contributed by atoms with Crippen molar-refractivity contribution in [3.05, 3.63) is 72.6 Å². The van der Waals surface area contributed by atoms with E-state index in [1.807, 2.05) is 42.1 Å². The number of rotatable bonds is 9. The van der Waals surface area contributed by atoms with Crippen LogP contribution in [0.2, 0.25) is 0 Å². The number of carbonyl (C=O) groups excluding carboxylic acids is 1. The lowest BCUT2D eigenvalue weighted by Gasteiger charge is -2.20. The summed E-state index contributed by atoms with van der Waals surface area (Å²) in [5, 5.41) is 2.82. The second-order valence-electron chi connectivity index (χ2n) is 6.78. The first-order valence-electron chi connectivity index (χ1n) is 10.2. The van der Waals surface area contributed by atoms with Crippen molar-refractivity contribution < 1.29 is 17.9 Å². The van der Waals surface area contributed by atoms with Crippen LogP contribution < -0.4 is 10.1 Å². The second-order valence-corrected chi connectivity index (χ2v) is 8.71. The predicted molar refractivity (Wildman–Crippen MR) is 121 cm³/mol. The average Bonchev–Trinajstić information content (AvgIpc) is 3.31. The van der Waals surface area contributed by atoms with Crippen molar-refractivity contribution in [3.63, 3.8) is 0 Å². The smallest absolute Gasteiger partial charge is 0.255 e. The first kappa shape index (κ1) is 22.6. The standard InChI is InChI=1S/C23H27N3O4S/c1-4-26(5-2)31(28,29)20-12-13-22(30-6-3)21(17-20)24-23(27)18-10-9-11-19(16-18)25-14-7-8-15-25/h7-17H,4-6H2,1-3H3,(H,24,27). The van der Waals surface area contributed by atoms with Gasteiger partial charge in [0.1, 0.15) is 5.75 Å². The summed E-state index contributed by atoms with van der Waals surface area (Å²) >= 11 is 0. The maximum Gasteiger partial charge on any atom is 0.255 e. The largest absolute Gasteiger partial charge is 0.492 e. The number of sulfonamides is 1. The highest BCUT2D eigenvalue weighted by Crippen LogP contribution is 2.30. The highest BCUT2D eigenvalue weighted by Gasteiger charge is 2.23. The number of hydrogen-bond donors (Lipinski definition) is 1. The molecule has 0 bridgehead atoms. The molecule has 0 unspecified atom stereocenters. The molecule has 1 amide bonds. The van der Waals surface area contributed by atoms with E-state index in [0.29, 0.717) is 36.7 Å². The Morgan fingerprint density at radius 2 is 1.71 bits per heavy atom. The fourth-order valence-electron chi connectivity index (χ4n) is 3.27. The summed E-state index contributed by atoms with van der Waals surface area (Å²) in [6.45, 7) is 6.51. The number of aromatic nitrogens is 1. The minimum atomic E-state index is -3.67. The summed E-state index contributed by atoms with van der Waals surface area (Å²) in [5.41, 5.74) is 1.61. The van der Waals surface area contributed by atoms with Crippen molar-refractivity contribution in [2.75, 3.05) is 25.0 Å². The minimum absolute atomic E-state index is 0.107. The van der Waals surface area contributed by atoms with E-state index < -0.39 is 10.0 Å². The van der Waals surface area contributed by atoms with Gasteiger partial charge >= 0.3 is 0 Å². The third kappa shape index (κ3) is 4.98. The van der Waals surface area contributed by atoms with Gasteiger partial charge in [0, 0.05) is 36.7 Å². The fraction of sp³-hybridized carbons (Fsp3) is 0.261. The maximum absolute atomic E-state index is 13.0. The first-order valence-corrected chi connectivity index (χ1v) is 11.7. The van der Waals surface area contributed by atoms with Gasteiger partial charge in [-0.1, -0.05) is 19.9 Å². The molecule has 0 aliphatic heterocycles. The Morgan fingerprint density at radius 1 is 1.00 bits per heavy atom. The van der Waals surface area contributed by atoms with E-state index in [2.05, 4.69) is 5.32 Å². The van der Waals surface area contributed by atoms with E-state index in [0.717, 1.165) is 5.69 Å². The summed E-state index contributed by atoms with van der Waals surface area (Å²) in [7, 11) is -3.67. The third-order valence-corrected chi connectivity index (χ3v) is 6.90. The molecule has 0 saturated heterocycles. The van der Waals surface area contributed by atoms with E-state index in [-0.39, 0.29) is 10.8 Å². The predicted octanol–water partition coefficient (Wildman–Crippen LogP) is 4.16. The van der Waals surface area contributed by atoms with Gasteiger partial charge in [0.15, 0.2) is 0 Å². The topological polar surface area (TPSA) is 80.6 Å². The van der Waals surface area contributed by atoms with Crippen molar-refractivity contribution in [1.82, 2.24) is 8.87 Å². The molecule has 1 heterocycles. The SMILES string of the molecule is CCOc1ccc(S(=O)(=O)N(CC)CC)cc1NC(=O)c1cccc(-n2cccc2)c1. The van der Waals surface area contributed by atoms with Crippen molar-refractivity contribution in [1.29, 1.82) is 0 Å². The molecular formula is C23H27N3O4S. The molecule has 164 valence electrons. The van der Waals surface area contributed by atoms with Crippen molar-refractivity contribution in [2.24, 2.45) is 0 Å². The molecule has 0 aliphatic rings.